The third kappa shape index (κ3) is 2.25. The van der Waals surface area contributed by atoms with Crippen LogP contribution in [0, 0.1) is 11.8 Å². The first-order valence-electron chi connectivity index (χ1n) is 5.94. The predicted molar refractivity (Wildman–Crippen MR) is 65.3 cm³/mol. The Labute approximate surface area is 97.4 Å². The number of hydrogen-bond acceptors (Lipinski definition) is 3. The fourth-order valence-corrected chi connectivity index (χ4v) is 2.87. The summed E-state index contributed by atoms with van der Waals surface area (Å²) < 4.78 is 0. The molecule has 0 N–H and O–H groups in total. The Balaban J connectivity index is 2.01. The summed E-state index contributed by atoms with van der Waals surface area (Å²) in [5.41, 5.74) is 0. The van der Waals surface area contributed by atoms with Gasteiger partial charge < -0.3 is 0 Å². The summed E-state index contributed by atoms with van der Waals surface area (Å²) in [5.74, 6) is 0.875. The van der Waals surface area contributed by atoms with Crippen molar-refractivity contribution in [2.45, 2.75) is 0 Å². The monoisotopic (exact) mass is 220 g/mol. The van der Waals surface area contributed by atoms with Gasteiger partial charge in [-0.3, -0.25) is 14.6 Å². The Morgan fingerprint density at radius 2 is 1.38 bits per heavy atom. The van der Waals surface area contributed by atoms with E-state index in [9.17, 15) is 4.79 Å². The van der Waals surface area contributed by atoms with E-state index in [2.05, 4.69) is 23.0 Å². The Kier molecular flexibility index (Phi) is 3.56. The molecule has 0 aromatic rings. The molecule has 3 nitrogen and oxygen atoms in total. The molecule has 0 aliphatic carbocycles. The van der Waals surface area contributed by atoms with E-state index < -0.39 is 0 Å². The van der Waals surface area contributed by atoms with Crippen molar-refractivity contribution >= 4 is 5.78 Å². The minimum atomic E-state index is 0.201. The van der Waals surface area contributed by atoms with E-state index in [1.807, 2.05) is 12.2 Å². The van der Waals surface area contributed by atoms with Crippen LogP contribution in [0.4, 0.5) is 0 Å². The van der Waals surface area contributed by atoms with E-state index >= 15 is 0 Å². The molecule has 0 unspecified atom stereocenters. The molecular formula is C13H20N2O. The van der Waals surface area contributed by atoms with Crippen LogP contribution in [-0.2, 0) is 4.79 Å². The van der Waals surface area contributed by atoms with E-state index in [0.717, 1.165) is 39.3 Å². The van der Waals surface area contributed by atoms with E-state index in [4.69, 9.17) is 0 Å². The molecule has 2 aliphatic heterocycles. The van der Waals surface area contributed by atoms with Crippen molar-refractivity contribution in [1.82, 2.24) is 9.80 Å². The lowest BCUT2D eigenvalue weighted by Gasteiger charge is -2.44. The zero-order chi connectivity index (χ0) is 11.5. The number of rotatable bonds is 4. The molecule has 0 aromatic carbocycles. The number of fused-ring (bicyclic) bond motifs is 2. The minimum absolute atomic E-state index is 0.201. The second-order valence-electron chi connectivity index (χ2n) is 4.81. The van der Waals surface area contributed by atoms with E-state index in [0.29, 0.717) is 5.78 Å². The van der Waals surface area contributed by atoms with Gasteiger partial charge in [-0.2, -0.15) is 0 Å². The molecule has 0 spiro atoms. The van der Waals surface area contributed by atoms with Crippen LogP contribution >= 0.6 is 0 Å². The molecular weight excluding hydrogens is 200 g/mol. The molecule has 2 aliphatic rings. The molecule has 2 rings (SSSR count). The van der Waals surface area contributed by atoms with Crippen molar-refractivity contribution in [3.05, 3.63) is 25.3 Å². The van der Waals surface area contributed by atoms with Gasteiger partial charge >= 0.3 is 0 Å². The van der Waals surface area contributed by atoms with Gasteiger partial charge in [-0.05, 0) is 0 Å². The van der Waals surface area contributed by atoms with Crippen LogP contribution in [0.5, 0.6) is 0 Å². The number of carbonyl (C=O) groups excluding carboxylic acids is 1. The average Bonchev–Trinajstić information content (AvgIpc) is 2.22. The zero-order valence-electron chi connectivity index (χ0n) is 9.77. The Morgan fingerprint density at radius 3 is 1.69 bits per heavy atom. The molecule has 0 atom stereocenters. The molecule has 0 aromatic heterocycles. The number of likely N-dealkylation sites (tertiary alicyclic amines) is 2. The highest BCUT2D eigenvalue weighted by Crippen LogP contribution is 2.25. The highest BCUT2D eigenvalue weighted by atomic mass is 16.1. The van der Waals surface area contributed by atoms with Crippen molar-refractivity contribution < 1.29 is 4.79 Å². The van der Waals surface area contributed by atoms with Gasteiger partial charge in [0, 0.05) is 51.1 Å². The van der Waals surface area contributed by atoms with E-state index in [-0.39, 0.29) is 11.8 Å². The minimum Gasteiger partial charge on any atom is -0.299 e. The summed E-state index contributed by atoms with van der Waals surface area (Å²) in [7, 11) is 0. The highest BCUT2D eigenvalue weighted by molar-refractivity contribution is 5.85. The van der Waals surface area contributed by atoms with Crippen molar-refractivity contribution in [3.63, 3.8) is 0 Å². The maximum atomic E-state index is 12.0. The average molecular weight is 220 g/mol. The summed E-state index contributed by atoms with van der Waals surface area (Å²) in [6, 6.07) is 0. The topological polar surface area (TPSA) is 23.6 Å². The molecule has 0 amide bonds. The first-order valence-corrected chi connectivity index (χ1v) is 5.94. The normalized spacial score (nSPS) is 31.4. The second-order valence-corrected chi connectivity index (χ2v) is 4.81. The molecule has 3 heteroatoms. The number of piperidine rings is 2. The highest BCUT2D eigenvalue weighted by Gasteiger charge is 2.40. The zero-order valence-corrected chi connectivity index (χ0v) is 9.77. The summed E-state index contributed by atoms with van der Waals surface area (Å²) in [6.07, 6.45) is 3.85. The lowest BCUT2D eigenvalue weighted by atomic mass is 9.83. The van der Waals surface area contributed by atoms with Crippen molar-refractivity contribution in [3.8, 4) is 0 Å². The molecule has 2 fully saturated rings. The SMILES string of the molecule is C=CCN1CC2CN(CC=C)CC(C1)C2=O. The molecule has 88 valence electrons. The van der Waals surface area contributed by atoms with Gasteiger partial charge in [-0.15, -0.1) is 13.2 Å². The van der Waals surface area contributed by atoms with Gasteiger partial charge in [-0.1, -0.05) is 12.2 Å². The van der Waals surface area contributed by atoms with Gasteiger partial charge in [0.05, 0.1) is 0 Å². The molecule has 0 saturated carbocycles. The summed E-state index contributed by atoms with van der Waals surface area (Å²) in [5, 5.41) is 0. The summed E-state index contributed by atoms with van der Waals surface area (Å²) in [6.45, 7) is 12.9. The fraction of sp³-hybridized carbons (Fsp3) is 0.615. The number of Topliss-reactive ketones (excluding diaryl/α,β-unsaturated/α-hetero) is 1. The van der Waals surface area contributed by atoms with Crippen molar-refractivity contribution in [2.24, 2.45) is 11.8 Å². The van der Waals surface area contributed by atoms with Crippen LogP contribution in [0.2, 0.25) is 0 Å². The van der Waals surface area contributed by atoms with Crippen molar-refractivity contribution in [1.29, 1.82) is 0 Å². The molecule has 2 saturated heterocycles. The second kappa shape index (κ2) is 4.93. The van der Waals surface area contributed by atoms with Gasteiger partial charge in [0.15, 0.2) is 0 Å². The Morgan fingerprint density at radius 1 is 1.00 bits per heavy atom. The largest absolute Gasteiger partial charge is 0.299 e. The standard InChI is InChI=1S/C13H20N2O/c1-3-5-14-7-11-9-15(6-4-2)10-12(8-14)13(11)16/h3-4,11-12H,1-2,5-10H2. The fourth-order valence-electron chi connectivity index (χ4n) is 2.87. The van der Waals surface area contributed by atoms with Crippen molar-refractivity contribution in [2.75, 3.05) is 39.3 Å². The van der Waals surface area contributed by atoms with Crippen LogP contribution in [-0.4, -0.2) is 54.9 Å². The molecule has 16 heavy (non-hydrogen) atoms. The molecule has 0 radical (unpaired) electrons. The summed E-state index contributed by atoms with van der Waals surface area (Å²) >= 11 is 0. The van der Waals surface area contributed by atoms with Gasteiger partial charge in [0.25, 0.3) is 0 Å². The van der Waals surface area contributed by atoms with Crippen LogP contribution in [0.3, 0.4) is 0 Å². The lowest BCUT2D eigenvalue weighted by Crippen LogP contribution is -2.58. The van der Waals surface area contributed by atoms with Gasteiger partial charge in [-0.25, -0.2) is 0 Å². The van der Waals surface area contributed by atoms with Crippen LogP contribution in [0.15, 0.2) is 25.3 Å². The number of ketones is 1. The smallest absolute Gasteiger partial charge is 0.144 e. The third-order valence-electron chi connectivity index (χ3n) is 3.49. The predicted octanol–water partition coefficient (Wildman–Crippen LogP) is 0.791. The lowest BCUT2D eigenvalue weighted by molar-refractivity contribution is -0.136. The Hall–Kier alpha value is -0.930. The number of nitrogens with zero attached hydrogens (tertiary/aromatic N) is 2. The number of carbonyl (C=O) groups is 1. The van der Waals surface area contributed by atoms with Crippen LogP contribution in [0.1, 0.15) is 0 Å². The van der Waals surface area contributed by atoms with E-state index in [1.54, 1.807) is 0 Å². The third-order valence-corrected chi connectivity index (χ3v) is 3.49. The molecule has 2 bridgehead atoms. The van der Waals surface area contributed by atoms with Crippen LogP contribution in [0.25, 0.3) is 0 Å². The summed E-state index contributed by atoms with van der Waals surface area (Å²) in [4.78, 5) is 16.7. The first kappa shape index (κ1) is 11.6. The van der Waals surface area contributed by atoms with E-state index in [1.165, 1.54) is 0 Å². The molecule has 2 heterocycles. The first-order chi connectivity index (χ1) is 7.74. The van der Waals surface area contributed by atoms with Crippen LogP contribution < -0.4 is 0 Å². The van der Waals surface area contributed by atoms with Gasteiger partial charge in [0.2, 0.25) is 0 Å². The number of hydrogen-bond donors (Lipinski definition) is 0. The quantitative estimate of drug-likeness (QED) is 0.655. The maximum Gasteiger partial charge on any atom is 0.144 e. The Bertz CT molecular complexity index is 260. The van der Waals surface area contributed by atoms with Gasteiger partial charge in [0.1, 0.15) is 5.78 Å². The maximum absolute atomic E-state index is 12.0.